The van der Waals surface area contributed by atoms with Crippen molar-refractivity contribution in [1.29, 1.82) is 0 Å². The average molecular weight is 262 g/mol. The quantitative estimate of drug-likeness (QED) is 0.766. The summed E-state index contributed by atoms with van der Waals surface area (Å²) in [5.41, 5.74) is 0.355. The zero-order chi connectivity index (χ0) is 13.8. The summed E-state index contributed by atoms with van der Waals surface area (Å²) in [6, 6.07) is 9.44. The number of rotatable bonds is 4. The molecule has 2 nitrogen and oxygen atoms in total. The summed E-state index contributed by atoms with van der Waals surface area (Å²) < 4.78 is 31.9. The van der Waals surface area contributed by atoms with E-state index in [2.05, 4.69) is 0 Å². The summed E-state index contributed by atoms with van der Waals surface area (Å²) in [6.45, 7) is 1.72. The van der Waals surface area contributed by atoms with Crippen LogP contribution in [0.2, 0.25) is 0 Å². The van der Waals surface area contributed by atoms with Crippen LogP contribution in [0, 0.1) is 11.6 Å². The van der Waals surface area contributed by atoms with Crippen LogP contribution in [0.5, 0.6) is 11.5 Å². The zero-order valence-corrected chi connectivity index (χ0v) is 10.3. The first-order valence-corrected chi connectivity index (χ1v) is 5.87. The predicted molar refractivity (Wildman–Crippen MR) is 67.5 cm³/mol. The molecule has 0 aromatic heterocycles. The molecule has 2 rings (SSSR count). The van der Waals surface area contributed by atoms with Crippen LogP contribution in [-0.4, -0.2) is 5.78 Å². The summed E-state index contributed by atoms with van der Waals surface area (Å²) in [6.07, 6.45) is 0.312. The maximum absolute atomic E-state index is 13.5. The van der Waals surface area contributed by atoms with E-state index in [-0.39, 0.29) is 17.3 Å². The third-order valence-corrected chi connectivity index (χ3v) is 2.62. The molecule has 0 saturated carbocycles. The molecule has 0 N–H and O–H groups in total. The lowest BCUT2D eigenvalue weighted by molar-refractivity contribution is 0.0986. The minimum Gasteiger partial charge on any atom is -0.453 e. The number of hydrogen-bond donors (Lipinski definition) is 0. The van der Waals surface area contributed by atoms with E-state index in [9.17, 15) is 13.6 Å². The van der Waals surface area contributed by atoms with Gasteiger partial charge in [0.25, 0.3) is 0 Å². The van der Waals surface area contributed by atoms with E-state index in [0.717, 1.165) is 18.2 Å². The number of ether oxygens (including phenoxy) is 1. The number of ketones is 1. The maximum Gasteiger partial charge on any atom is 0.166 e. The lowest BCUT2D eigenvalue weighted by Gasteiger charge is -2.10. The topological polar surface area (TPSA) is 26.3 Å². The standard InChI is InChI=1S/C15H12F2O2/c1-2-13(18)11-5-3-4-6-14(11)19-15-9-10(16)7-8-12(15)17/h3-9H,2H2,1H3. The summed E-state index contributed by atoms with van der Waals surface area (Å²) >= 11 is 0. The molecule has 0 aliphatic carbocycles. The lowest BCUT2D eigenvalue weighted by atomic mass is 10.1. The largest absolute Gasteiger partial charge is 0.453 e. The van der Waals surface area contributed by atoms with Crippen molar-refractivity contribution in [2.45, 2.75) is 13.3 Å². The van der Waals surface area contributed by atoms with Crippen LogP contribution in [0.3, 0.4) is 0 Å². The van der Waals surface area contributed by atoms with Gasteiger partial charge in [0, 0.05) is 12.5 Å². The molecule has 0 atom stereocenters. The van der Waals surface area contributed by atoms with Crippen LogP contribution in [0.4, 0.5) is 8.78 Å². The molecule has 0 fully saturated rings. The van der Waals surface area contributed by atoms with Crippen LogP contribution in [0.1, 0.15) is 23.7 Å². The highest BCUT2D eigenvalue weighted by molar-refractivity contribution is 5.98. The molecular formula is C15H12F2O2. The Hall–Kier alpha value is -2.23. The molecule has 0 aliphatic rings. The average Bonchev–Trinajstić information content (AvgIpc) is 2.42. The van der Waals surface area contributed by atoms with E-state index in [0.29, 0.717) is 12.0 Å². The molecule has 0 radical (unpaired) electrons. The van der Waals surface area contributed by atoms with E-state index in [1.54, 1.807) is 31.2 Å². The molecule has 98 valence electrons. The molecule has 0 unspecified atom stereocenters. The molecule has 2 aromatic rings. The normalized spacial score (nSPS) is 10.3. The summed E-state index contributed by atoms with van der Waals surface area (Å²) in [5.74, 6) is -1.42. The fraction of sp³-hybridized carbons (Fsp3) is 0.133. The number of para-hydroxylation sites is 1. The smallest absolute Gasteiger partial charge is 0.166 e. The highest BCUT2D eigenvalue weighted by Crippen LogP contribution is 2.28. The maximum atomic E-state index is 13.5. The van der Waals surface area contributed by atoms with Crippen LogP contribution in [0.25, 0.3) is 0 Å². The van der Waals surface area contributed by atoms with E-state index in [1.165, 1.54) is 0 Å². The highest BCUT2D eigenvalue weighted by Gasteiger charge is 2.13. The Morgan fingerprint density at radius 3 is 2.58 bits per heavy atom. The van der Waals surface area contributed by atoms with Crippen molar-refractivity contribution in [2.24, 2.45) is 0 Å². The number of benzene rings is 2. The van der Waals surface area contributed by atoms with E-state index in [4.69, 9.17) is 4.74 Å². The van der Waals surface area contributed by atoms with Gasteiger partial charge in [-0.1, -0.05) is 19.1 Å². The summed E-state index contributed by atoms with van der Waals surface area (Å²) in [4.78, 5) is 11.7. The van der Waals surface area contributed by atoms with Gasteiger partial charge in [0.05, 0.1) is 5.56 Å². The second kappa shape index (κ2) is 5.61. The summed E-state index contributed by atoms with van der Waals surface area (Å²) in [5, 5.41) is 0. The number of Topliss-reactive ketones (excluding diaryl/α,β-unsaturated/α-hetero) is 1. The van der Waals surface area contributed by atoms with Crippen molar-refractivity contribution in [2.75, 3.05) is 0 Å². The van der Waals surface area contributed by atoms with Crippen LogP contribution in [0.15, 0.2) is 42.5 Å². The Morgan fingerprint density at radius 2 is 1.84 bits per heavy atom. The highest BCUT2D eigenvalue weighted by atomic mass is 19.1. The first-order valence-electron chi connectivity index (χ1n) is 5.87. The summed E-state index contributed by atoms with van der Waals surface area (Å²) in [7, 11) is 0. The molecule has 4 heteroatoms. The van der Waals surface area contributed by atoms with Gasteiger partial charge in [-0.15, -0.1) is 0 Å². The first kappa shape index (κ1) is 13.2. The van der Waals surface area contributed by atoms with Crippen molar-refractivity contribution in [1.82, 2.24) is 0 Å². The number of carbonyl (C=O) groups excluding carboxylic acids is 1. The molecule has 0 saturated heterocycles. The van der Waals surface area contributed by atoms with Crippen LogP contribution in [-0.2, 0) is 0 Å². The van der Waals surface area contributed by atoms with Gasteiger partial charge < -0.3 is 4.74 Å². The van der Waals surface area contributed by atoms with Crippen molar-refractivity contribution in [3.05, 3.63) is 59.7 Å². The minimum absolute atomic E-state index is 0.118. The molecule has 0 amide bonds. The van der Waals surface area contributed by atoms with Gasteiger partial charge in [-0.3, -0.25) is 4.79 Å². The SMILES string of the molecule is CCC(=O)c1ccccc1Oc1cc(F)ccc1F. The van der Waals surface area contributed by atoms with Crippen molar-refractivity contribution in [3.8, 4) is 11.5 Å². The second-order valence-electron chi connectivity index (χ2n) is 3.95. The Kier molecular flexibility index (Phi) is 3.90. The zero-order valence-electron chi connectivity index (χ0n) is 10.3. The number of carbonyl (C=O) groups is 1. The fourth-order valence-corrected chi connectivity index (χ4v) is 1.65. The first-order chi connectivity index (χ1) is 9.11. The molecule has 19 heavy (non-hydrogen) atoms. The van der Waals surface area contributed by atoms with Gasteiger partial charge in [0.2, 0.25) is 0 Å². The van der Waals surface area contributed by atoms with Crippen molar-refractivity contribution < 1.29 is 18.3 Å². The van der Waals surface area contributed by atoms with Gasteiger partial charge in [0.15, 0.2) is 17.3 Å². The second-order valence-corrected chi connectivity index (χ2v) is 3.95. The van der Waals surface area contributed by atoms with Gasteiger partial charge in [-0.25, -0.2) is 8.78 Å². The molecular weight excluding hydrogens is 250 g/mol. The van der Waals surface area contributed by atoms with Gasteiger partial charge in [0.1, 0.15) is 11.6 Å². The van der Waals surface area contributed by atoms with Gasteiger partial charge in [-0.2, -0.15) is 0 Å². The fourth-order valence-electron chi connectivity index (χ4n) is 1.65. The van der Waals surface area contributed by atoms with Gasteiger partial charge in [-0.05, 0) is 24.3 Å². The molecule has 2 aromatic carbocycles. The third kappa shape index (κ3) is 2.96. The third-order valence-electron chi connectivity index (χ3n) is 2.62. The lowest BCUT2D eigenvalue weighted by Crippen LogP contribution is -2.00. The van der Waals surface area contributed by atoms with Crippen molar-refractivity contribution >= 4 is 5.78 Å². The van der Waals surface area contributed by atoms with Crippen molar-refractivity contribution in [3.63, 3.8) is 0 Å². The molecule has 0 heterocycles. The monoisotopic (exact) mass is 262 g/mol. The number of hydrogen-bond acceptors (Lipinski definition) is 2. The predicted octanol–water partition coefficient (Wildman–Crippen LogP) is 4.35. The van der Waals surface area contributed by atoms with E-state index >= 15 is 0 Å². The van der Waals surface area contributed by atoms with Crippen LogP contribution >= 0.6 is 0 Å². The van der Waals surface area contributed by atoms with Gasteiger partial charge >= 0.3 is 0 Å². The minimum atomic E-state index is -0.680. The molecule has 0 spiro atoms. The van der Waals surface area contributed by atoms with E-state index in [1.807, 2.05) is 0 Å². The van der Waals surface area contributed by atoms with Crippen LogP contribution < -0.4 is 4.74 Å². The molecule has 0 aliphatic heterocycles. The van der Waals surface area contributed by atoms with E-state index < -0.39 is 11.6 Å². The Balaban J connectivity index is 2.38. The Morgan fingerprint density at radius 1 is 1.11 bits per heavy atom. The number of halogens is 2. The molecule has 0 bridgehead atoms. The Bertz CT molecular complexity index is 609. The Labute approximate surface area is 109 Å².